The van der Waals surface area contributed by atoms with Gasteiger partial charge in [-0.25, -0.2) is 0 Å². The van der Waals surface area contributed by atoms with Crippen molar-refractivity contribution >= 4 is 27.9 Å². The third-order valence-corrected chi connectivity index (χ3v) is 2.30. The van der Waals surface area contributed by atoms with Crippen LogP contribution >= 0.6 is 9.29 Å². The Hall–Kier alpha value is 0.679. The minimum absolute atomic E-state index is 0.398. The van der Waals surface area contributed by atoms with E-state index in [1.165, 1.54) is 0 Å². The van der Waals surface area contributed by atoms with Gasteiger partial charge >= 0.3 is 53.7 Å². The Bertz CT molecular complexity index is 83.0. The summed E-state index contributed by atoms with van der Waals surface area (Å²) in [6.45, 7) is 3.78. The molecule has 0 heterocycles. The van der Waals surface area contributed by atoms with Crippen molar-refractivity contribution in [1.82, 2.24) is 0 Å². The van der Waals surface area contributed by atoms with Crippen molar-refractivity contribution in [3.05, 3.63) is 12.7 Å². The van der Waals surface area contributed by atoms with Crippen molar-refractivity contribution in [3.63, 3.8) is 0 Å². The molecule has 0 aliphatic carbocycles. The van der Waals surface area contributed by atoms with E-state index in [-0.39, 0.29) is 0 Å². The molecule has 0 bridgehead atoms. The molecule has 0 fully saturated rings. The molecular formula is C3H6O2SSn. The summed E-state index contributed by atoms with van der Waals surface area (Å²) in [6, 6.07) is 0. The van der Waals surface area contributed by atoms with E-state index in [1.54, 1.807) is 6.08 Å². The van der Waals surface area contributed by atoms with Crippen LogP contribution in [0.15, 0.2) is 12.7 Å². The molecule has 0 saturated heterocycles. The van der Waals surface area contributed by atoms with Crippen LogP contribution in [0.3, 0.4) is 0 Å². The van der Waals surface area contributed by atoms with Gasteiger partial charge in [0.2, 0.25) is 0 Å². The van der Waals surface area contributed by atoms with Gasteiger partial charge in [0.15, 0.2) is 0 Å². The summed E-state index contributed by atoms with van der Waals surface area (Å²) in [5.41, 5.74) is 0. The molecule has 0 aliphatic rings. The Kier molecular flexibility index (Phi) is 5.30. The summed E-state index contributed by atoms with van der Waals surface area (Å²) in [4.78, 5) is 0. The van der Waals surface area contributed by atoms with Gasteiger partial charge in [-0.2, -0.15) is 0 Å². The van der Waals surface area contributed by atoms with E-state index < -0.39 is 18.6 Å². The maximum absolute atomic E-state index is 8.42. The van der Waals surface area contributed by atoms with E-state index in [9.17, 15) is 0 Å². The van der Waals surface area contributed by atoms with Crippen LogP contribution in [0.5, 0.6) is 0 Å². The molecule has 0 unspecified atom stereocenters. The van der Waals surface area contributed by atoms with E-state index in [2.05, 4.69) is 18.9 Å². The molecule has 4 heteroatoms. The molecule has 0 aromatic rings. The van der Waals surface area contributed by atoms with Crippen LogP contribution in [0.25, 0.3) is 0 Å². The third kappa shape index (κ3) is 6.68. The van der Waals surface area contributed by atoms with Crippen molar-refractivity contribution in [3.8, 4) is 0 Å². The van der Waals surface area contributed by atoms with Gasteiger partial charge in [0.25, 0.3) is 0 Å². The normalized spacial score (nSPS) is 8.14. The van der Waals surface area contributed by atoms with Crippen molar-refractivity contribution in [2.45, 2.75) is 0 Å². The van der Waals surface area contributed by atoms with Crippen LogP contribution in [-0.2, 0) is 3.07 Å². The Labute approximate surface area is 53.8 Å². The zero-order valence-corrected chi connectivity index (χ0v) is 7.43. The number of hydrogen-bond acceptors (Lipinski definition) is 2. The summed E-state index contributed by atoms with van der Waals surface area (Å²) in [6.07, 6.45) is 1.57. The first-order chi connectivity index (χ1) is 3.27. The predicted octanol–water partition coefficient (Wildman–Crippen LogP) is 0.364. The molecule has 2 nitrogen and oxygen atoms in total. The Balaban J connectivity index is 2.97. The molecule has 0 radical (unpaired) electrons. The molecule has 0 spiro atoms. The van der Waals surface area contributed by atoms with Crippen molar-refractivity contribution in [2.75, 3.05) is 6.61 Å². The van der Waals surface area contributed by atoms with Gasteiger partial charge in [-0.15, -0.1) is 0 Å². The van der Waals surface area contributed by atoms with Gasteiger partial charge in [-0.1, -0.05) is 0 Å². The van der Waals surface area contributed by atoms with Gasteiger partial charge < -0.3 is 0 Å². The van der Waals surface area contributed by atoms with Crippen LogP contribution in [0.4, 0.5) is 0 Å². The van der Waals surface area contributed by atoms with Gasteiger partial charge in [0, 0.05) is 0 Å². The summed E-state index contributed by atoms with van der Waals surface area (Å²) >= 11 is -2.63. The molecule has 0 aliphatic heterocycles. The first-order valence-corrected chi connectivity index (χ1v) is 8.08. The van der Waals surface area contributed by atoms with Gasteiger partial charge in [0.05, 0.1) is 0 Å². The van der Waals surface area contributed by atoms with Crippen molar-refractivity contribution < 1.29 is 6.52 Å². The van der Waals surface area contributed by atoms with E-state index in [4.69, 9.17) is 3.44 Å². The Morgan fingerprint density at radius 3 is 2.71 bits per heavy atom. The standard InChI is InChI=1S/C3H5O.H2O.S.Sn/c1-2-3-4;;;/h2H,1,3H2;1H2;;/q-1;;;+2/p-1. The van der Waals surface area contributed by atoms with Crippen LogP contribution in [-0.4, -0.2) is 28.7 Å². The Morgan fingerprint density at radius 1 is 2.00 bits per heavy atom. The predicted molar refractivity (Wildman–Crippen MR) is 31.7 cm³/mol. The van der Waals surface area contributed by atoms with Gasteiger partial charge in [-0.3, -0.25) is 0 Å². The fourth-order valence-corrected chi connectivity index (χ4v) is 1.33. The van der Waals surface area contributed by atoms with E-state index in [0.717, 1.165) is 0 Å². The maximum atomic E-state index is 8.42. The molecule has 7 heavy (non-hydrogen) atoms. The fraction of sp³-hybridized carbons (Fsp3) is 0.333. The van der Waals surface area contributed by atoms with E-state index in [0.29, 0.717) is 6.61 Å². The first-order valence-electron chi connectivity index (χ1n) is 1.74. The van der Waals surface area contributed by atoms with E-state index in [1.807, 2.05) is 0 Å². The van der Waals surface area contributed by atoms with E-state index >= 15 is 0 Å². The second-order valence-corrected chi connectivity index (χ2v) is 5.55. The summed E-state index contributed by atoms with van der Waals surface area (Å²) in [5, 5.41) is 0. The number of hydrogen-bond donors (Lipinski definition) is 1. The molecule has 0 atom stereocenters. The SMILES string of the molecule is C=CC[O][Sn]([OH])=[S]. The second kappa shape index (κ2) is 4.83. The molecule has 0 rings (SSSR count). The quantitative estimate of drug-likeness (QED) is 0.555. The van der Waals surface area contributed by atoms with Crippen LogP contribution in [0, 0.1) is 0 Å². The van der Waals surface area contributed by atoms with Gasteiger partial charge in [0.1, 0.15) is 0 Å². The first kappa shape index (κ1) is 7.68. The van der Waals surface area contributed by atoms with Crippen molar-refractivity contribution in [2.24, 2.45) is 0 Å². The zero-order chi connectivity index (χ0) is 5.70. The average molecular weight is 225 g/mol. The van der Waals surface area contributed by atoms with Crippen LogP contribution < -0.4 is 0 Å². The minimum atomic E-state index is -2.63. The number of rotatable bonds is 3. The third-order valence-electron chi connectivity index (χ3n) is 0.325. The molecule has 0 amide bonds. The molecule has 0 aromatic carbocycles. The molecule has 0 saturated carbocycles. The molecular weight excluding hydrogens is 219 g/mol. The monoisotopic (exact) mass is 226 g/mol. The van der Waals surface area contributed by atoms with Gasteiger partial charge in [-0.05, 0) is 0 Å². The summed E-state index contributed by atoms with van der Waals surface area (Å²) < 4.78 is 13.1. The molecule has 40 valence electrons. The fourth-order valence-electron chi connectivity index (χ4n) is 0.130. The summed E-state index contributed by atoms with van der Waals surface area (Å²) in [7, 11) is 4.43. The Morgan fingerprint density at radius 2 is 2.57 bits per heavy atom. The average Bonchev–Trinajstić information content (AvgIpc) is 1.61. The molecule has 0 aromatic heterocycles. The second-order valence-electron chi connectivity index (χ2n) is 0.866. The molecule has 1 N–H and O–H groups in total. The van der Waals surface area contributed by atoms with Crippen LogP contribution in [0.1, 0.15) is 0 Å². The van der Waals surface area contributed by atoms with Crippen molar-refractivity contribution in [1.29, 1.82) is 0 Å². The van der Waals surface area contributed by atoms with Crippen LogP contribution in [0.2, 0.25) is 0 Å². The topological polar surface area (TPSA) is 29.5 Å². The summed E-state index contributed by atoms with van der Waals surface area (Å²) in [5.74, 6) is 0. The zero-order valence-electron chi connectivity index (χ0n) is 3.76.